The SMILES string of the molecule is O=C(O)c1cnc(NC2Cc3cc(Br)c(Br)cc3C2)nc1. The number of carboxylic acids is 1. The third-order valence-corrected chi connectivity index (χ3v) is 5.25. The van der Waals surface area contributed by atoms with E-state index < -0.39 is 5.97 Å². The molecule has 0 radical (unpaired) electrons. The van der Waals surface area contributed by atoms with E-state index in [1.54, 1.807) is 0 Å². The summed E-state index contributed by atoms with van der Waals surface area (Å²) >= 11 is 7.02. The van der Waals surface area contributed by atoms with Crippen LogP contribution in [-0.2, 0) is 12.8 Å². The molecule has 2 aromatic rings. The molecule has 3 rings (SSSR count). The summed E-state index contributed by atoms with van der Waals surface area (Å²) < 4.78 is 2.09. The molecule has 0 atom stereocenters. The van der Waals surface area contributed by atoms with E-state index >= 15 is 0 Å². The second-order valence-electron chi connectivity index (χ2n) is 4.89. The first kappa shape index (κ1) is 14.5. The lowest BCUT2D eigenvalue weighted by Crippen LogP contribution is -2.21. The number of halogens is 2. The summed E-state index contributed by atoms with van der Waals surface area (Å²) in [5, 5.41) is 12.1. The number of nitrogens with one attached hydrogen (secondary N) is 1. The number of carbonyl (C=O) groups is 1. The molecule has 1 aromatic carbocycles. The van der Waals surface area contributed by atoms with Crippen LogP contribution in [0.15, 0.2) is 33.5 Å². The predicted molar refractivity (Wildman–Crippen MR) is 85.7 cm³/mol. The fraction of sp³-hybridized carbons (Fsp3) is 0.214. The van der Waals surface area contributed by atoms with Gasteiger partial charge in [0.05, 0.1) is 5.56 Å². The minimum atomic E-state index is -1.02. The number of fused-ring (bicyclic) bond motifs is 1. The van der Waals surface area contributed by atoms with Crippen molar-refractivity contribution >= 4 is 43.8 Å². The number of anilines is 1. The molecule has 1 aliphatic carbocycles. The molecule has 0 aliphatic heterocycles. The summed E-state index contributed by atoms with van der Waals surface area (Å²) in [5.41, 5.74) is 2.68. The highest BCUT2D eigenvalue weighted by atomic mass is 79.9. The molecule has 0 fully saturated rings. The van der Waals surface area contributed by atoms with Gasteiger partial charge < -0.3 is 10.4 Å². The van der Waals surface area contributed by atoms with E-state index in [1.807, 2.05) is 0 Å². The highest BCUT2D eigenvalue weighted by Gasteiger charge is 2.23. The topological polar surface area (TPSA) is 75.1 Å². The number of aromatic nitrogens is 2. The molecule has 2 N–H and O–H groups in total. The molecule has 0 spiro atoms. The highest BCUT2D eigenvalue weighted by Crippen LogP contribution is 2.32. The van der Waals surface area contributed by atoms with Gasteiger partial charge in [0, 0.05) is 27.4 Å². The Bertz CT molecular complexity index is 673. The van der Waals surface area contributed by atoms with Crippen molar-refractivity contribution in [2.24, 2.45) is 0 Å². The van der Waals surface area contributed by atoms with E-state index in [-0.39, 0.29) is 11.6 Å². The summed E-state index contributed by atoms with van der Waals surface area (Å²) in [4.78, 5) is 18.8. The van der Waals surface area contributed by atoms with Gasteiger partial charge in [-0.25, -0.2) is 14.8 Å². The maximum atomic E-state index is 10.8. The molecule has 1 heterocycles. The molecule has 108 valence electrons. The average molecular weight is 413 g/mol. The lowest BCUT2D eigenvalue weighted by Gasteiger charge is -2.11. The van der Waals surface area contributed by atoms with Crippen LogP contribution in [0.1, 0.15) is 21.5 Å². The smallest absolute Gasteiger partial charge is 0.338 e. The van der Waals surface area contributed by atoms with Crippen LogP contribution in [0, 0.1) is 0 Å². The van der Waals surface area contributed by atoms with Crippen LogP contribution in [-0.4, -0.2) is 27.1 Å². The van der Waals surface area contributed by atoms with E-state index in [9.17, 15) is 4.79 Å². The van der Waals surface area contributed by atoms with E-state index in [1.165, 1.54) is 23.5 Å². The molecular formula is C14H11Br2N3O2. The van der Waals surface area contributed by atoms with E-state index in [4.69, 9.17) is 5.11 Å². The van der Waals surface area contributed by atoms with Gasteiger partial charge in [-0.05, 0) is 68.0 Å². The standard InChI is InChI=1S/C14H11Br2N3O2/c15-11-3-7-1-10(2-8(7)4-12(11)16)19-14-17-5-9(6-18-14)13(20)21/h3-6,10H,1-2H2,(H,20,21)(H,17,18,19). The average Bonchev–Trinajstić information content (AvgIpc) is 2.81. The second kappa shape index (κ2) is 5.73. The Morgan fingerprint density at radius 3 is 2.14 bits per heavy atom. The monoisotopic (exact) mass is 411 g/mol. The van der Waals surface area contributed by atoms with Gasteiger partial charge in [0.1, 0.15) is 0 Å². The first-order valence-corrected chi connectivity index (χ1v) is 7.90. The maximum absolute atomic E-state index is 10.8. The van der Waals surface area contributed by atoms with Crippen molar-refractivity contribution in [1.29, 1.82) is 0 Å². The van der Waals surface area contributed by atoms with Crippen LogP contribution in [0.4, 0.5) is 5.95 Å². The van der Waals surface area contributed by atoms with Crippen molar-refractivity contribution < 1.29 is 9.90 Å². The van der Waals surface area contributed by atoms with Crippen LogP contribution in [0.25, 0.3) is 0 Å². The van der Waals surface area contributed by atoms with Gasteiger partial charge >= 0.3 is 5.97 Å². The zero-order valence-electron chi connectivity index (χ0n) is 10.8. The Hall–Kier alpha value is -1.47. The minimum Gasteiger partial charge on any atom is -0.478 e. The van der Waals surface area contributed by atoms with Crippen molar-refractivity contribution in [3.8, 4) is 0 Å². The summed E-state index contributed by atoms with van der Waals surface area (Å²) in [6.07, 6.45) is 4.41. The van der Waals surface area contributed by atoms with Crippen molar-refractivity contribution in [2.75, 3.05) is 5.32 Å². The first-order chi connectivity index (χ1) is 10.0. The minimum absolute atomic E-state index is 0.0862. The largest absolute Gasteiger partial charge is 0.478 e. The molecule has 7 heteroatoms. The summed E-state index contributed by atoms with van der Waals surface area (Å²) in [5.74, 6) is -0.569. The zero-order valence-corrected chi connectivity index (χ0v) is 14.0. The number of nitrogens with zero attached hydrogens (tertiary/aromatic N) is 2. The summed E-state index contributed by atoms with van der Waals surface area (Å²) in [6, 6.07) is 4.46. The number of aromatic carboxylic acids is 1. The Balaban J connectivity index is 1.72. The van der Waals surface area contributed by atoms with Crippen molar-refractivity contribution in [1.82, 2.24) is 9.97 Å². The Morgan fingerprint density at radius 1 is 1.14 bits per heavy atom. The van der Waals surface area contributed by atoms with E-state index in [2.05, 4.69) is 59.3 Å². The van der Waals surface area contributed by atoms with Gasteiger partial charge in [0.15, 0.2) is 0 Å². The number of hydrogen-bond donors (Lipinski definition) is 2. The number of rotatable bonds is 3. The summed E-state index contributed by atoms with van der Waals surface area (Å²) in [6.45, 7) is 0. The van der Waals surface area contributed by atoms with Crippen LogP contribution < -0.4 is 5.32 Å². The zero-order chi connectivity index (χ0) is 15.0. The molecule has 5 nitrogen and oxygen atoms in total. The predicted octanol–water partition coefficient (Wildman–Crippen LogP) is 3.28. The van der Waals surface area contributed by atoms with Crippen LogP contribution in [0.2, 0.25) is 0 Å². The quantitative estimate of drug-likeness (QED) is 0.808. The Labute approximate surface area is 138 Å². The molecule has 0 amide bonds. The lowest BCUT2D eigenvalue weighted by atomic mass is 10.1. The van der Waals surface area contributed by atoms with E-state index in [0.717, 1.165) is 21.8 Å². The number of benzene rings is 1. The van der Waals surface area contributed by atoms with Gasteiger partial charge in [0.25, 0.3) is 0 Å². The first-order valence-electron chi connectivity index (χ1n) is 6.31. The van der Waals surface area contributed by atoms with Crippen molar-refractivity contribution in [3.05, 3.63) is 50.2 Å². The number of hydrogen-bond acceptors (Lipinski definition) is 4. The molecule has 21 heavy (non-hydrogen) atoms. The fourth-order valence-corrected chi connectivity index (χ4v) is 3.19. The lowest BCUT2D eigenvalue weighted by molar-refractivity contribution is 0.0696. The molecule has 1 aromatic heterocycles. The van der Waals surface area contributed by atoms with Gasteiger partial charge in [0.2, 0.25) is 5.95 Å². The van der Waals surface area contributed by atoms with Gasteiger partial charge in [-0.1, -0.05) is 0 Å². The molecule has 0 saturated carbocycles. The summed E-state index contributed by atoms with van der Waals surface area (Å²) in [7, 11) is 0. The molecule has 0 unspecified atom stereocenters. The van der Waals surface area contributed by atoms with Crippen LogP contribution >= 0.6 is 31.9 Å². The van der Waals surface area contributed by atoms with Crippen LogP contribution in [0.3, 0.4) is 0 Å². The van der Waals surface area contributed by atoms with Crippen molar-refractivity contribution in [3.63, 3.8) is 0 Å². The second-order valence-corrected chi connectivity index (χ2v) is 6.59. The van der Waals surface area contributed by atoms with Gasteiger partial charge in [-0.2, -0.15) is 0 Å². The van der Waals surface area contributed by atoms with Gasteiger partial charge in [-0.3, -0.25) is 0 Å². The van der Waals surface area contributed by atoms with E-state index in [0.29, 0.717) is 5.95 Å². The molecule has 0 saturated heterocycles. The van der Waals surface area contributed by atoms with Gasteiger partial charge in [-0.15, -0.1) is 0 Å². The maximum Gasteiger partial charge on any atom is 0.338 e. The third kappa shape index (κ3) is 3.08. The third-order valence-electron chi connectivity index (χ3n) is 3.41. The molecular weight excluding hydrogens is 402 g/mol. The van der Waals surface area contributed by atoms with Crippen LogP contribution in [0.5, 0.6) is 0 Å². The normalized spacial score (nSPS) is 14.0. The number of carboxylic acid groups (broad SMARTS) is 1. The molecule has 0 bridgehead atoms. The highest BCUT2D eigenvalue weighted by molar-refractivity contribution is 9.13. The Morgan fingerprint density at radius 2 is 1.67 bits per heavy atom. The van der Waals surface area contributed by atoms with Crippen molar-refractivity contribution in [2.45, 2.75) is 18.9 Å². The fourth-order valence-electron chi connectivity index (χ4n) is 2.41. The molecule has 1 aliphatic rings. The Kier molecular flexibility index (Phi) is 3.95.